The summed E-state index contributed by atoms with van der Waals surface area (Å²) in [4.78, 5) is 13.2. The van der Waals surface area contributed by atoms with Gasteiger partial charge >= 0.3 is 0 Å². The Labute approximate surface area is 194 Å². The summed E-state index contributed by atoms with van der Waals surface area (Å²) in [6.45, 7) is 5.44. The highest BCUT2D eigenvalue weighted by atomic mass is 32.2. The van der Waals surface area contributed by atoms with Gasteiger partial charge in [-0.15, -0.1) is 0 Å². The Balaban J connectivity index is 2.00. The van der Waals surface area contributed by atoms with E-state index >= 15 is 0 Å². The van der Waals surface area contributed by atoms with E-state index in [1.54, 1.807) is 12.1 Å². The quantitative estimate of drug-likeness (QED) is 0.528. The summed E-state index contributed by atoms with van der Waals surface area (Å²) in [5.74, 6) is 0.457. The van der Waals surface area contributed by atoms with Crippen LogP contribution in [0.4, 0.5) is 5.69 Å². The zero-order chi connectivity index (χ0) is 23.9. The molecule has 2 atom stereocenters. The van der Waals surface area contributed by atoms with Crippen molar-refractivity contribution in [1.82, 2.24) is 0 Å². The van der Waals surface area contributed by atoms with Gasteiger partial charge in [-0.1, -0.05) is 36.8 Å². The summed E-state index contributed by atoms with van der Waals surface area (Å²) in [5.41, 5.74) is 3.89. The molecular weight excluding hydrogens is 442 g/mol. The fourth-order valence-electron chi connectivity index (χ4n) is 4.33. The van der Waals surface area contributed by atoms with Gasteiger partial charge in [-0.25, -0.2) is 8.42 Å². The van der Waals surface area contributed by atoms with Gasteiger partial charge in [0, 0.05) is 29.0 Å². The smallest absolute Gasteiger partial charge is 0.232 e. The first kappa shape index (κ1) is 23.5. The summed E-state index contributed by atoms with van der Waals surface area (Å²) in [6.07, 6.45) is 1.04. The van der Waals surface area contributed by atoms with Crippen LogP contribution in [0.3, 0.4) is 0 Å². The number of fused-ring (bicyclic) bond motifs is 2. The maximum absolute atomic E-state index is 13.2. The lowest BCUT2D eigenvalue weighted by atomic mass is 9.96. The molecule has 0 aliphatic carbocycles. The standard InChI is InChI=1S/C25H29NO6S/c1-5-6-22(28)24-20-11-19-16(3)31-18(14-27)13-26(33(4,29)30)21(19)12-23(20)32-25(24)17-9-7-15(2)8-10-17/h7-12,16,18,27H,5-6,13-14H2,1-4H3/t16-,18-/m0/s1. The van der Waals surface area contributed by atoms with Crippen LogP contribution in [0.15, 0.2) is 40.8 Å². The zero-order valence-corrected chi connectivity index (χ0v) is 20.1. The van der Waals surface area contributed by atoms with Crippen LogP contribution in [0, 0.1) is 6.92 Å². The Hall–Kier alpha value is -2.68. The van der Waals surface area contributed by atoms with E-state index in [0.29, 0.717) is 46.4 Å². The van der Waals surface area contributed by atoms with Crippen molar-refractivity contribution in [2.75, 3.05) is 23.7 Å². The lowest BCUT2D eigenvalue weighted by molar-refractivity contribution is -0.0227. The first-order valence-electron chi connectivity index (χ1n) is 11.1. The number of ether oxygens (including phenoxy) is 1. The van der Waals surface area contributed by atoms with Crippen LogP contribution >= 0.6 is 0 Å². The Morgan fingerprint density at radius 2 is 1.91 bits per heavy atom. The third-order valence-corrected chi connectivity index (χ3v) is 7.13. The molecule has 2 aromatic carbocycles. The summed E-state index contributed by atoms with van der Waals surface area (Å²) in [5, 5.41) is 10.3. The summed E-state index contributed by atoms with van der Waals surface area (Å²) >= 11 is 0. The molecule has 1 aliphatic heterocycles. The van der Waals surface area contributed by atoms with Gasteiger partial charge in [0.25, 0.3) is 0 Å². The normalized spacial score (nSPS) is 18.9. The van der Waals surface area contributed by atoms with E-state index in [4.69, 9.17) is 9.15 Å². The van der Waals surface area contributed by atoms with Gasteiger partial charge in [0.2, 0.25) is 10.0 Å². The molecule has 0 spiro atoms. The number of ketones is 1. The number of aliphatic hydroxyl groups excluding tert-OH is 1. The van der Waals surface area contributed by atoms with E-state index in [0.717, 1.165) is 17.4 Å². The number of furan rings is 1. The fourth-order valence-corrected chi connectivity index (χ4v) is 5.28. The molecule has 0 saturated carbocycles. The van der Waals surface area contributed by atoms with Crippen LogP contribution in [0.5, 0.6) is 0 Å². The number of carbonyl (C=O) groups excluding carboxylic acids is 1. The highest BCUT2D eigenvalue weighted by Gasteiger charge is 2.33. The van der Waals surface area contributed by atoms with E-state index < -0.39 is 22.2 Å². The fraction of sp³-hybridized carbons (Fsp3) is 0.400. The number of aliphatic hydroxyl groups is 1. The molecule has 1 N–H and O–H groups in total. The number of benzene rings is 2. The van der Waals surface area contributed by atoms with E-state index in [-0.39, 0.29) is 18.9 Å². The van der Waals surface area contributed by atoms with Crippen molar-refractivity contribution in [2.24, 2.45) is 0 Å². The molecule has 8 heteroatoms. The monoisotopic (exact) mass is 471 g/mol. The Morgan fingerprint density at radius 1 is 1.21 bits per heavy atom. The Morgan fingerprint density at radius 3 is 2.52 bits per heavy atom. The minimum atomic E-state index is -3.65. The molecule has 0 bridgehead atoms. The predicted octanol–water partition coefficient (Wildman–Crippen LogP) is 4.61. The lowest BCUT2D eigenvalue weighted by Crippen LogP contribution is -2.38. The average molecular weight is 472 g/mol. The Bertz CT molecular complexity index is 1290. The van der Waals surface area contributed by atoms with Crippen molar-refractivity contribution in [3.05, 3.63) is 53.1 Å². The van der Waals surface area contributed by atoms with Crippen LogP contribution in [-0.2, 0) is 14.8 Å². The van der Waals surface area contributed by atoms with Gasteiger partial charge in [-0.3, -0.25) is 9.10 Å². The summed E-state index contributed by atoms with van der Waals surface area (Å²) < 4.78 is 38.7. The molecule has 1 aromatic heterocycles. The molecule has 176 valence electrons. The first-order chi connectivity index (χ1) is 15.6. The minimum absolute atomic E-state index is 0.00860. The van der Waals surface area contributed by atoms with Crippen molar-refractivity contribution in [2.45, 2.75) is 45.8 Å². The second-order valence-electron chi connectivity index (χ2n) is 8.63. The van der Waals surface area contributed by atoms with Gasteiger partial charge in [0.1, 0.15) is 11.3 Å². The molecule has 0 saturated heterocycles. The molecule has 1 aliphatic rings. The molecule has 0 unspecified atom stereocenters. The molecule has 0 radical (unpaired) electrons. The minimum Gasteiger partial charge on any atom is -0.455 e. The van der Waals surface area contributed by atoms with Gasteiger partial charge < -0.3 is 14.3 Å². The average Bonchev–Trinajstić information content (AvgIpc) is 3.06. The number of sulfonamides is 1. The second-order valence-corrected chi connectivity index (χ2v) is 10.5. The maximum atomic E-state index is 13.2. The molecule has 3 aromatic rings. The molecule has 0 fully saturated rings. The molecular formula is C25H29NO6S. The molecule has 7 nitrogen and oxygen atoms in total. The SMILES string of the molecule is CCCC(=O)c1c(-c2ccc(C)cc2)oc2cc3c(cc12)[C@H](C)O[C@H](CO)CN3S(C)(=O)=O. The van der Waals surface area contributed by atoms with Crippen LogP contribution < -0.4 is 4.31 Å². The second kappa shape index (κ2) is 8.93. The largest absolute Gasteiger partial charge is 0.455 e. The van der Waals surface area contributed by atoms with Crippen LogP contribution in [0.25, 0.3) is 22.3 Å². The number of Topliss-reactive ketones (excluding diaryl/α,β-unsaturated/α-hetero) is 1. The highest BCUT2D eigenvalue weighted by Crippen LogP contribution is 2.42. The van der Waals surface area contributed by atoms with Crippen molar-refractivity contribution in [3.8, 4) is 11.3 Å². The highest BCUT2D eigenvalue weighted by molar-refractivity contribution is 7.92. The number of hydrogen-bond acceptors (Lipinski definition) is 6. The van der Waals surface area contributed by atoms with E-state index in [1.807, 2.05) is 45.0 Å². The maximum Gasteiger partial charge on any atom is 0.232 e. The van der Waals surface area contributed by atoms with E-state index in [1.165, 1.54) is 4.31 Å². The lowest BCUT2D eigenvalue weighted by Gasteiger charge is -2.24. The Kier molecular flexibility index (Phi) is 6.35. The van der Waals surface area contributed by atoms with Crippen LogP contribution in [0.2, 0.25) is 0 Å². The first-order valence-corrected chi connectivity index (χ1v) is 12.9. The number of nitrogens with zero attached hydrogens (tertiary/aromatic N) is 1. The topological polar surface area (TPSA) is 97.1 Å². The van der Waals surface area contributed by atoms with Gasteiger partial charge in [-0.2, -0.15) is 0 Å². The van der Waals surface area contributed by atoms with Crippen LogP contribution in [0.1, 0.15) is 54.3 Å². The van der Waals surface area contributed by atoms with Crippen LogP contribution in [-0.4, -0.2) is 44.8 Å². The van der Waals surface area contributed by atoms with Gasteiger partial charge in [0.15, 0.2) is 5.78 Å². The number of anilines is 1. The number of rotatable bonds is 6. The number of hydrogen-bond donors (Lipinski definition) is 1. The van der Waals surface area contributed by atoms with Gasteiger partial charge in [-0.05, 0) is 26.3 Å². The molecule has 2 heterocycles. The van der Waals surface area contributed by atoms with Crippen molar-refractivity contribution in [3.63, 3.8) is 0 Å². The van der Waals surface area contributed by atoms with Gasteiger partial charge in [0.05, 0.1) is 42.9 Å². The summed E-state index contributed by atoms with van der Waals surface area (Å²) in [7, 11) is -3.65. The molecule has 0 amide bonds. The van der Waals surface area contributed by atoms with E-state index in [9.17, 15) is 18.3 Å². The van der Waals surface area contributed by atoms with Crippen molar-refractivity contribution in [1.29, 1.82) is 0 Å². The number of aryl methyl sites for hydroxylation is 1. The third-order valence-electron chi connectivity index (χ3n) is 5.98. The van der Waals surface area contributed by atoms with Crippen molar-refractivity contribution >= 4 is 32.5 Å². The number of carbonyl (C=O) groups is 1. The molecule has 33 heavy (non-hydrogen) atoms. The third kappa shape index (κ3) is 4.43. The zero-order valence-electron chi connectivity index (χ0n) is 19.3. The van der Waals surface area contributed by atoms with Crippen molar-refractivity contribution < 1.29 is 27.5 Å². The summed E-state index contributed by atoms with van der Waals surface area (Å²) in [6, 6.07) is 11.2. The van der Waals surface area contributed by atoms with E-state index in [2.05, 4.69) is 0 Å². The molecule has 4 rings (SSSR count). The predicted molar refractivity (Wildman–Crippen MR) is 128 cm³/mol.